The van der Waals surface area contributed by atoms with Crippen molar-refractivity contribution in [2.45, 2.75) is 39.3 Å². The van der Waals surface area contributed by atoms with Crippen LogP contribution in [0.5, 0.6) is 5.75 Å². The maximum atomic E-state index is 12.8. The molecule has 2 aromatic rings. The fourth-order valence-electron chi connectivity index (χ4n) is 2.76. The Hall–Kier alpha value is -2.82. The number of nitrogens with zero attached hydrogens (tertiary/aromatic N) is 1. The van der Waals surface area contributed by atoms with E-state index in [-0.39, 0.29) is 11.8 Å². The number of rotatable bonds is 9. The van der Waals surface area contributed by atoms with Gasteiger partial charge in [0.2, 0.25) is 11.8 Å². The molecule has 0 unspecified atom stereocenters. The highest BCUT2D eigenvalue weighted by molar-refractivity contribution is 5.87. The molecule has 5 heteroatoms. The molecule has 27 heavy (non-hydrogen) atoms. The van der Waals surface area contributed by atoms with Gasteiger partial charge in [-0.3, -0.25) is 9.59 Å². The van der Waals surface area contributed by atoms with Crippen LogP contribution in [-0.2, 0) is 16.1 Å². The van der Waals surface area contributed by atoms with Gasteiger partial charge in [-0.1, -0.05) is 48.0 Å². The minimum absolute atomic E-state index is 0.0525. The molecule has 144 valence electrons. The predicted molar refractivity (Wildman–Crippen MR) is 106 cm³/mol. The van der Waals surface area contributed by atoms with Gasteiger partial charge in [-0.2, -0.15) is 0 Å². The van der Waals surface area contributed by atoms with Crippen molar-refractivity contribution in [2.75, 3.05) is 13.7 Å². The molecule has 0 aliphatic rings. The summed E-state index contributed by atoms with van der Waals surface area (Å²) in [4.78, 5) is 26.5. The molecule has 0 radical (unpaired) electrons. The Balaban J connectivity index is 1.95. The number of aryl methyl sites for hydroxylation is 1. The topological polar surface area (TPSA) is 58.6 Å². The number of carbonyl (C=O) groups excluding carboxylic acids is 2. The molecule has 1 atom stereocenters. The van der Waals surface area contributed by atoms with Crippen LogP contribution in [0.3, 0.4) is 0 Å². The first kappa shape index (κ1) is 20.5. The van der Waals surface area contributed by atoms with Crippen molar-refractivity contribution >= 4 is 11.8 Å². The van der Waals surface area contributed by atoms with E-state index in [0.29, 0.717) is 26.0 Å². The molecule has 2 rings (SSSR count). The molecule has 0 fully saturated rings. The fraction of sp³-hybridized carbons (Fsp3) is 0.364. The van der Waals surface area contributed by atoms with E-state index in [9.17, 15) is 9.59 Å². The number of carbonyl (C=O) groups is 2. The van der Waals surface area contributed by atoms with Crippen LogP contribution in [0.1, 0.15) is 30.9 Å². The third-order valence-electron chi connectivity index (χ3n) is 4.43. The van der Waals surface area contributed by atoms with Gasteiger partial charge in [0.1, 0.15) is 11.8 Å². The van der Waals surface area contributed by atoms with Crippen LogP contribution in [0, 0.1) is 6.92 Å². The largest absolute Gasteiger partial charge is 0.494 e. The van der Waals surface area contributed by atoms with E-state index in [1.165, 1.54) is 0 Å². The molecule has 2 aromatic carbocycles. The van der Waals surface area contributed by atoms with Crippen molar-refractivity contribution in [1.29, 1.82) is 0 Å². The number of para-hydroxylation sites is 1. The molecule has 2 amide bonds. The molecule has 0 aliphatic heterocycles. The lowest BCUT2D eigenvalue weighted by Gasteiger charge is -2.28. The van der Waals surface area contributed by atoms with E-state index in [4.69, 9.17) is 4.74 Å². The summed E-state index contributed by atoms with van der Waals surface area (Å²) in [5.41, 5.74) is 2.17. The quantitative estimate of drug-likeness (QED) is 0.691. The number of amides is 2. The second kappa shape index (κ2) is 10.4. The van der Waals surface area contributed by atoms with E-state index in [0.717, 1.165) is 16.9 Å². The fourth-order valence-corrected chi connectivity index (χ4v) is 2.76. The highest BCUT2D eigenvalue weighted by atomic mass is 16.5. The zero-order valence-corrected chi connectivity index (χ0v) is 16.3. The Morgan fingerprint density at radius 1 is 1.07 bits per heavy atom. The van der Waals surface area contributed by atoms with E-state index < -0.39 is 6.04 Å². The molecular weight excluding hydrogens is 340 g/mol. The summed E-state index contributed by atoms with van der Waals surface area (Å²) < 4.78 is 5.65. The third kappa shape index (κ3) is 6.44. The average molecular weight is 368 g/mol. The first-order valence-corrected chi connectivity index (χ1v) is 9.25. The average Bonchev–Trinajstić information content (AvgIpc) is 2.70. The summed E-state index contributed by atoms with van der Waals surface area (Å²) in [6.07, 6.45) is 0.929. The van der Waals surface area contributed by atoms with Crippen LogP contribution in [0.4, 0.5) is 0 Å². The number of benzene rings is 2. The maximum Gasteiger partial charge on any atom is 0.242 e. The zero-order valence-electron chi connectivity index (χ0n) is 16.3. The summed E-state index contributed by atoms with van der Waals surface area (Å²) in [7, 11) is 1.58. The van der Waals surface area contributed by atoms with Gasteiger partial charge in [0.25, 0.3) is 0 Å². The second-order valence-corrected chi connectivity index (χ2v) is 6.56. The predicted octanol–water partition coefficient (Wildman–Crippen LogP) is 3.32. The van der Waals surface area contributed by atoms with Crippen LogP contribution < -0.4 is 10.1 Å². The third-order valence-corrected chi connectivity index (χ3v) is 4.43. The summed E-state index contributed by atoms with van der Waals surface area (Å²) in [5.74, 6) is 0.569. The van der Waals surface area contributed by atoms with Crippen LogP contribution in [-0.4, -0.2) is 36.4 Å². The lowest BCUT2D eigenvalue weighted by molar-refractivity contribution is -0.140. The summed E-state index contributed by atoms with van der Waals surface area (Å²) in [6, 6.07) is 17.0. The van der Waals surface area contributed by atoms with Crippen LogP contribution in [0.2, 0.25) is 0 Å². The zero-order chi connectivity index (χ0) is 19.6. The normalized spacial score (nSPS) is 11.5. The van der Waals surface area contributed by atoms with Crippen LogP contribution in [0.25, 0.3) is 0 Å². The monoisotopic (exact) mass is 368 g/mol. The Bertz CT molecular complexity index is 729. The van der Waals surface area contributed by atoms with Crippen molar-refractivity contribution in [3.05, 3.63) is 65.7 Å². The van der Waals surface area contributed by atoms with Gasteiger partial charge in [0.05, 0.1) is 6.61 Å². The molecular formula is C22H28N2O3. The summed E-state index contributed by atoms with van der Waals surface area (Å²) in [5, 5.41) is 2.63. The minimum Gasteiger partial charge on any atom is -0.494 e. The Kier molecular flexibility index (Phi) is 7.86. The molecule has 0 saturated carbocycles. The van der Waals surface area contributed by atoms with Gasteiger partial charge in [-0.15, -0.1) is 0 Å². The molecule has 0 bridgehead atoms. The van der Waals surface area contributed by atoms with Crippen LogP contribution >= 0.6 is 0 Å². The molecule has 0 heterocycles. The van der Waals surface area contributed by atoms with Crippen molar-refractivity contribution in [2.24, 2.45) is 0 Å². The molecule has 1 N–H and O–H groups in total. The van der Waals surface area contributed by atoms with Crippen molar-refractivity contribution in [3.8, 4) is 5.75 Å². The van der Waals surface area contributed by atoms with E-state index in [1.54, 1.807) is 18.9 Å². The number of hydrogen-bond donors (Lipinski definition) is 1. The number of hydrogen-bond acceptors (Lipinski definition) is 3. The smallest absolute Gasteiger partial charge is 0.242 e. The number of likely N-dealkylation sites (N-methyl/N-ethyl adjacent to an activating group) is 1. The Morgan fingerprint density at radius 2 is 1.74 bits per heavy atom. The molecule has 0 saturated heterocycles. The first-order chi connectivity index (χ1) is 13.0. The van der Waals surface area contributed by atoms with Crippen molar-refractivity contribution in [1.82, 2.24) is 10.2 Å². The standard InChI is InChI=1S/C22H28N2O3/c1-17-11-13-19(14-12-17)16-24(18(2)22(26)23-3)21(25)10-7-15-27-20-8-5-4-6-9-20/h4-6,8-9,11-14,18H,7,10,15-16H2,1-3H3,(H,23,26)/t18-/m1/s1. The highest BCUT2D eigenvalue weighted by Gasteiger charge is 2.25. The van der Waals surface area contributed by atoms with Crippen LogP contribution in [0.15, 0.2) is 54.6 Å². The molecule has 5 nitrogen and oxygen atoms in total. The number of nitrogens with one attached hydrogen (secondary N) is 1. The Labute approximate surface area is 161 Å². The SMILES string of the molecule is CNC(=O)[C@@H](C)N(Cc1ccc(C)cc1)C(=O)CCCOc1ccccc1. The van der Waals surface area contributed by atoms with Gasteiger partial charge >= 0.3 is 0 Å². The van der Waals surface area contributed by atoms with E-state index >= 15 is 0 Å². The van der Waals surface area contributed by atoms with Gasteiger partial charge in [-0.05, 0) is 38.0 Å². The lowest BCUT2D eigenvalue weighted by Crippen LogP contribution is -2.46. The van der Waals surface area contributed by atoms with E-state index in [1.807, 2.05) is 61.5 Å². The first-order valence-electron chi connectivity index (χ1n) is 9.25. The minimum atomic E-state index is -0.529. The summed E-state index contributed by atoms with van der Waals surface area (Å²) in [6.45, 7) is 4.65. The second-order valence-electron chi connectivity index (χ2n) is 6.56. The van der Waals surface area contributed by atoms with Crippen molar-refractivity contribution in [3.63, 3.8) is 0 Å². The Morgan fingerprint density at radius 3 is 2.37 bits per heavy atom. The number of ether oxygens (including phenoxy) is 1. The molecule has 0 aromatic heterocycles. The van der Waals surface area contributed by atoms with Gasteiger partial charge in [0.15, 0.2) is 0 Å². The van der Waals surface area contributed by atoms with Gasteiger partial charge in [-0.25, -0.2) is 0 Å². The van der Waals surface area contributed by atoms with Gasteiger partial charge < -0.3 is 15.0 Å². The van der Waals surface area contributed by atoms with Gasteiger partial charge in [0, 0.05) is 20.0 Å². The lowest BCUT2D eigenvalue weighted by atomic mass is 10.1. The maximum absolute atomic E-state index is 12.8. The molecule has 0 aliphatic carbocycles. The molecule has 0 spiro atoms. The summed E-state index contributed by atoms with van der Waals surface area (Å²) >= 11 is 0. The highest BCUT2D eigenvalue weighted by Crippen LogP contribution is 2.14. The van der Waals surface area contributed by atoms with Crippen molar-refractivity contribution < 1.29 is 14.3 Å². The van der Waals surface area contributed by atoms with E-state index in [2.05, 4.69) is 5.32 Å².